The van der Waals surface area contributed by atoms with Crippen LogP contribution in [0.3, 0.4) is 0 Å². The van der Waals surface area contributed by atoms with Crippen LogP contribution in [0.2, 0.25) is 0 Å². The second kappa shape index (κ2) is 9.33. The molecule has 3 aromatic carbocycles. The smallest absolute Gasteiger partial charge is 0.255 e. The molecule has 4 aromatic rings. The molecule has 1 unspecified atom stereocenters. The highest BCUT2D eigenvalue weighted by molar-refractivity contribution is 5.95. The van der Waals surface area contributed by atoms with Crippen LogP contribution in [0, 0.1) is 0 Å². The highest BCUT2D eigenvalue weighted by atomic mass is 16.5. The van der Waals surface area contributed by atoms with Gasteiger partial charge >= 0.3 is 0 Å². The summed E-state index contributed by atoms with van der Waals surface area (Å²) in [7, 11) is 1.85. The van der Waals surface area contributed by atoms with Gasteiger partial charge in [0.15, 0.2) is 0 Å². The highest BCUT2D eigenvalue weighted by Crippen LogP contribution is 2.30. The number of ether oxygens (including phenoxy) is 1. The molecular weight excluding hydrogens is 410 g/mol. The number of hydrogen-bond acceptors (Lipinski definition) is 3. The van der Waals surface area contributed by atoms with E-state index in [9.17, 15) is 4.79 Å². The third-order valence-corrected chi connectivity index (χ3v) is 6.04. The third kappa shape index (κ3) is 4.67. The van der Waals surface area contributed by atoms with Gasteiger partial charge in [-0.2, -0.15) is 5.10 Å². The Hall–Kier alpha value is -3.86. The SMILES string of the molecule is Cn1cc(C(=O)NC(c2ccccc2)c2ccc3c(c2)CCCO3)c(Cc2ccccc2)n1. The molecule has 0 spiro atoms. The molecule has 1 atom stereocenters. The molecule has 1 N–H and O–H groups in total. The predicted molar refractivity (Wildman–Crippen MR) is 128 cm³/mol. The van der Waals surface area contributed by atoms with Crippen LogP contribution < -0.4 is 10.1 Å². The Kier molecular flexibility index (Phi) is 5.94. The summed E-state index contributed by atoms with van der Waals surface area (Å²) in [5, 5.41) is 7.86. The van der Waals surface area contributed by atoms with Crippen LogP contribution in [0.4, 0.5) is 0 Å². The van der Waals surface area contributed by atoms with Gasteiger partial charge in [-0.3, -0.25) is 9.48 Å². The molecule has 33 heavy (non-hydrogen) atoms. The zero-order valence-electron chi connectivity index (χ0n) is 18.7. The zero-order chi connectivity index (χ0) is 22.6. The Bertz CT molecular complexity index is 1250. The van der Waals surface area contributed by atoms with Gasteiger partial charge in [-0.05, 0) is 47.2 Å². The number of aryl methyl sites for hydroxylation is 2. The molecule has 5 nitrogen and oxygen atoms in total. The van der Waals surface area contributed by atoms with Gasteiger partial charge in [0.2, 0.25) is 0 Å². The van der Waals surface area contributed by atoms with Gasteiger partial charge < -0.3 is 10.1 Å². The van der Waals surface area contributed by atoms with E-state index in [1.165, 1.54) is 5.56 Å². The minimum Gasteiger partial charge on any atom is -0.493 e. The predicted octanol–water partition coefficient (Wildman–Crippen LogP) is 4.86. The monoisotopic (exact) mass is 437 g/mol. The highest BCUT2D eigenvalue weighted by Gasteiger charge is 2.23. The number of benzene rings is 3. The Labute approximate surface area is 194 Å². The average Bonchev–Trinajstić information content (AvgIpc) is 3.23. The second-order valence-corrected chi connectivity index (χ2v) is 8.46. The number of nitrogens with one attached hydrogen (secondary N) is 1. The molecule has 0 saturated carbocycles. The molecule has 0 radical (unpaired) electrons. The van der Waals surface area contributed by atoms with Crippen LogP contribution in [0.15, 0.2) is 85.1 Å². The van der Waals surface area contributed by atoms with E-state index in [1.807, 2.05) is 49.5 Å². The van der Waals surface area contributed by atoms with Crippen molar-refractivity contribution < 1.29 is 9.53 Å². The van der Waals surface area contributed by atoms with E-state index in [0.29, 0.717) is 12.0 Å². The van der Waals surface area contributed by atoms with Gasteiger partial charge in [-0.1, -0.05) is 66.7 Å². The standard InChI is InChI=1S/C28H27N3O2/c1-31-19-24(25(30-31)17-20-9-4-2-5-10-20)28(32)29-27(21-11-6-3-7-12-21)23-14-15-26-22(18-23)13-8-16-33-26/h2-7,9-12,14-15,18-19,27H,8,13,16-17H2,1H3,(H,29,32). The summed E-state index contributed by atoms with van der Waals surface area (Å²) in [4.78, 5) is 13.5. The first kappa shape index (κ1) is 21.0. The van der Waals surface area contributed by atoms with Crippen molar-refractivity contribution >= 4 is 5.91 Å². The van der Waals surface area contributed by atoms with Gasteiger partial charge in [0, 0.05) is 19.7 Å². The van der Waals surface area contributed by atoms with E-state index in [-0.39, 0.29) is 11.9 Å². The molecule has 0 saturated heterocycles. The molecule has 1 amide bonds. The minimum atomic E-state index is -0.268. The molecule has 5 rings (SSSR count). The van der Waals surface area contributed by atoms with Crippen LogP contribution in [0.5, 0.6) is 5.75 Å². The van der Waals surface area contributed by atoms with Crippen molar-refractivity contribution in [3.63, 3.8) is 0 Å². The first-order chi connectivity index (χ1) is 16.2. The van der Waals surface area contributed by atoms with Gasteiger partial charge in [-0.25, -0.2) is 0 Å². The molecule has 0 aliphatic carbocycles. The first-order valence-corrected chi connectivity index (χ1v) is 11.4. The fourth-order valence-electron chi connectivity index (χ4n) is 4.42. The average molecular weight is 438 g/mol. The fraction of sp³-hybridized carbons (Fsp3) is 0.214. The molecule has 166 valence electrons. The maximum absolute atomic E-state index is 13.5. The minimum absolute atomic E-state index is 0.128. The lowest BCUT2D eigenvalue weighted by molar-refractivity contribution is 0.0942. The van der Waals surface area contributed by atoms with Gasteiger partial charge in [0.25, 0.3) is 5.91 Å². The largest absolute Gasteiger partial charge is 0.493 e. The quantitative estimate of drug-likeness (QED) is 0.469. The molecule has 2 heterocycles. The number of carbonyl (C=O) groups is 1. The molecule has 0 bridgehead atoms. The summed E-state index contributed by atoms with van der Waals surface area (Å²) in [6.07, 6.45) is 4.41. The fourth-order valence-corrected chi connectivity index (χ4v) is 4.42. The van der Waals surface area contributed by atoms with Gasteiger partial charge in [0.1, 0.15) is 5.75 Å². The van der Waals surface area contributed by atoms with Gasteiger partial charge in [0.05, 0.1) is 23.9 Å². The first-order valence-electron chi connectivity index (χ1n) is 11.4. The Morgan fingerprint density at radius 3 is 2.58 bits per heavy atom. The van der Waals surface area contributed by atoms with Crippen LogP contribution in [-0.2, 0) is 19.9 Å². The maximum Gasteiger partial charge on any atom is 0.255 e. The Morgan fingerprint density at radius 1 is 1.03 bits per heavy atom. The number of carbonyl (C=O) groups excluding carboxylic acids is 1. The van der Waals surface area contributed by atoms with Crippen molar-refractivity contribution in [2.24, 2.45) is 7.05 Å². The topological polar surface area (TPSA) is 56.2 Å². The summed E-state index contributed by atoms with van der Waals surface area (Å²) < 4.78 is 7.50. The number of nitrogens with zero attached hydrogens (tertiary/aromatic N) is 2. The number of rotatable bonds is 6. The molecule has 5 heteroatoms. The maximum atomic E-state index is 13.5. The summed E-state index contributed by atoms with van der Waals surface area (Å²) in [6, 6.07) is 26.2. The number of fused-ring (bicyclic) bond motifs is 1. The lowest BCUT2D eigenvalue weighted by Gasteiger charge is -2.23. The van der Waals surface area contributed by atoms with Crippen molar-refractivity contribution in [3.8, 4) is 5.75 Å². The zero-order valence-corrected chi connectivity index (χ0v) is 18.7. The lowest BCUT2D eigenvalue weighted by atomic mass is 9.94. The van der Waals surface area contributed by atoms with Gasteiger partial charge in [-0.15, -0.1) is 0 Å². The normalized spacial score (nSPS) is 13.6. The van der Waals surface area contributed by atoms with Crippen LogP contribution in [-0.4, -0.2) is 22.3 Å². The van der Waals surface area contributed by atoms with Crippen LogP contribution in [0.25, 0.3) is 0 Å². The van der Waals surface area contributed by atoms with E-state index in [0.717, 1.165) is 47.6 Å². The van der Waals surface area contributed by atoms with Crippen molar-refractivity contribution in [3.05, 3.63) is 119 Å². The van der Waals surface area contributed by atoms with Crippen molar-refractivity contribution in [2.75, 3.05) is 6.61 Å². The van der Waals surface area contributed by atoms with E-state index in [4.69, 9.17) is 4.74 Å². The van der Waals surface area contributed by atoms with E-state index in [2.05, 4.69) is 46.8 Å². The Morgan fingerprint density at radius 2 is 1.79 bits per heavy atom. The third-order valence-electron chi connectivity index (χ3n) is 6.04. The Balaban J connectivity index is 1.46. The molecule has 1 aliphatic heterocycles. The molecule has 1 aromatic heterocycles. The number of aromatic nitrogens is 2. The van der Waals surface area contributed by atoms with Crippen LogP contribution >= 0.6 is 0 Å². The van der Waals surface area contributed by atoms with E-state index < -0.39 is 0 Å². The van der Waals surface area contributed by atoms with E-state index >= 15 is 0 Å². The van der Waals surface area contributed by atoms with E-state index in [1.54, 1.807) is 10.9 Å². The molecule has 1 aliphatic rings. The summed E-state index contributed by atoms with van der Waals surface area (Å²) in [6.45, 7) is 0.760. The number of hydrogen-bond donors (Lipinski definition) is 1. The number of amides is 1. The van der Waals surface area contributed by atoms with Crippen molar-refractivity contribution in [2.45, 2.75) is 25.3 Å². The summed E-state index contributed by atoms with van der Waals surface area (Å²) in [5.41, 5.74) is 5.78. The van der Waals surface area contributed by atoms with Crippen molar-refractivity contribution in [1.82, 2.24) is 15.1 Å². The van der Waals surface area contributed by atoms with Crippen molar-refractivity contribution in [1.29, 1.82) is 0 Å². The second-order valence-electron chi connectivity index (χ2n) is 8.46. The molecule has 0 fully saturated rings. The lowest BCUT2D eigenvalue weighted by Crippen LogP contribution is -2.30. The summed E-state index contributed by atoms with van der Waals surface area (Å²) in [5.74, 6) is 0.817. The molecular formula is C28H27N3O2. The van der Waals surface area contributed by atoms with Crippen LogP contribution in [0.1, 0.15) is 50.8 Å². The summed E-state index contributed by atoms with van der Waals surface area (Å²) >= 11 is 0.